The zero-order chi connectivity index (χ0) is 21.3. The number of hydrogen-bond donors (Lipinski definition) is 0. The second kappa shape index (κ2) is 7.86. The summed E-state index contributed by atoms with van der Waals surface area (Å²) in [4.78, 5) is 34.6. The molecule has 0 radical (unpaired) electrons. The molecular weight excluding hydrogens is 394 g/mol. The third-order valence-electron chi connectivity index (χ3n) is 4.29. The SMILES string of the molecule is CN(C)CCCN=C1CC(=O)c2nc(-c3c(F)cccc3C(F)(F)F)oc2C1=O. The molecule has 1 aromatic carbocycles. The predicted octanol–water partition coefficient (Wildman–Crippen LogP) is 3.66. The van der Waals surface area contributed by atoms with E-state index >= 15 is 0 Å². The van der Waals surface area contributed by atoms with Gasteiger partial charge in [-0.1, -0.05) is 6.07 Å². The van der Waals surface area contributed by atoms with Crippen LogP contribution in [-0.4, -0.2) is 54.3 Å². The lowest BCUT2D eigenvalue weighted by atomic mass is 9.97. The van der Waals surface area contributed by atoms with Gasteiger partial charge in [0.15, 0.2) is 11.5 Å². The molecule has 0 fully saturated rings. The molecule has 0 saturated carbocycles. The topological polar surface area (TPSA) is 75.8 Å². The summed E-state index contributed by atoms with van der Waals surface area (Å²) in [7, 11) is 3.76. The minimum atomic E-state index is -4.88. The molecule has 10 heteroatoms. The molecule has 1 aliphatic rings. The number of carbonyl (C=O) groups is 2. The van der Waals surface area contributed by atoms with E-state index in [-0.39, 0.29) is 12.1 Å². The Morgan fingerprint density at radius 3 is 2.62 bits per heavy atom. The van der Waals surface area contributed by atoms with Crippen LogP contribution in [-0.2, 0) is 6.18 Å². The number of Topliss-reactive ketones (excluding diaryl/α,β-unsaturated/α-hetero) is 2. The first-order valence-electron chi connectivity index (χ1n) is 8.72. The van der Waals surface area contributed by atoms with Crippen molar-refractivity contribution in [3.8, 4) is 11.5 Å². The summed E-state index contributed by atoms with van der Waals surface area (Å²) < 4.78 is 59.1. The molecule has 0 spiro atoms. The molecule has 0 N–H and O–H groups in total. The van der Waals surface area contributed by atoms with Crippen LogP contribution in [0.25, 0.3) is 11.5 Å². The van der Waals surface area contributed by atoms with Gasteiger partial charge in [0.2, 0.25) is 17.4 Å². The largest absolute Gasteiger partial charge is 0.432 e. The van der Waals surface area contributed by atoms with Crippen molar-refractivity contribution in [2.24, 2.45) is 4.99 Å². The smallest absolute Gasteiger partial charge is 0.417 e. The average Bonchev–Trinajstić information content (AvgIpc) is 3.07. The monoisotopic (exact) mass is 411 g/mol. The van der Waals surface area contributed by atoms with Gasteiger partial charge in [0.05, 0.1) is 23.3 Å². The number of carbonyl (C=O) groups excluding carboxylic acids is 2. The van der Waals surface area contributed by atoms with E-state index in [9.17, 15) is 27.2 Å². The fourth-order valence-electron chi connectivity index (χ4n) is 2.92. The van der Waals surface area contributed by atoms with Crippen LogP contribution in [0.5, 0.6) is 0 Å². The number of alkyl halides is 3. The molecule has 3 rings (SSSR count). The molecule has 0 atom stereocenters. The molecule has 29 heavy (non-hydrogen) atoms. The molecule has 1 heterocycles. The molecule has 0 bridgehead atoms. The van der Waals surface area contributed by atoms with E-state index in [0.717, 1.165) is 18.7 Å². The second-order valence-electron chi connectivity index (χ2n) is 6.77. The number of ketones is 2. The highest BCUT2D eigenvalue weighted by Gasteiger charge is 2.39. The maximum atomic E-state index is 14.2. The molecule has 0 saturated heterocycles. The van der Waals surface area contributed by atoms with Crippen LogP contribution in [0, 0.1) is 5.82 Å². The van der Waals surface area contributed by atoms with Crippen molar-refractivity contribution < 1.29 is 31.6 Å². The highest BCUT2D eigenvalue weighted by atomic mass is 19.4. The quantitative estimate of drug-likeness (QED) is 0.555. The molecule has 0 amide bonds. The Kier molecular flexibility index (Phi) is 5.65. The second-order valence-corrected chi connectivity index (χ2v) is 6.77. The Labute approximate surface area is 163 Å². The summed E-state index contributed by atoms with van der Waals surface area (Å²) in [6.45, 7) is 1.03. The summed E-state index contributed by atoms with van der Waals surface area (Å²) in [5.41, 5.74) is -2.71. The number of aliphatic imine (C=N–C) groups is 1. The van der Waals surface area contributed by atoms with Crippen molar-refractivity contribution in [1.29, 1.82) is 0 Å². The van der Waals surface area contributed by atoms with E-state index in [2.05, 4.69) is 9.98 Å². The van der Waals surface area contributed by atoms with E-state index < -0.39 is 52.0 Å². The summed E-state index contributed by atoms with van der Waals surface area (Å²) in [5, 5.41) is 0. The number of rotatable bonds is 5. The highest BCUT2D eigenvalue weighted by Crippen LogP contribution is 2.39. The molecular formula is C19H17F4N3O3. The van der Waals surface area contributed by atoms with Gasteiger partial charge in [0.1, 0.15) is 5.82 Å². The Balaban J connectivity index is 1.98. The van der Waals surface area contributed by atoms with Crippen molar-refractivity contribution >= 4 is 17.3 Å². The lowest BCUT2D eigenvalue weighted by molar-refractivity contribution is -0.137. The van der Waals surface area contributed by atoms with Crippen LogP contribution < -0.4 is 0 Å². The summed E-state index contributed by atoms with van der Waals surface area (Å²) in [6.07, 6.45) is -4.56. The van der Waals surface area contributed by atoms with E-state index in [1.165, 1.54) is 0 Å². The maximum Gasteiger partial charge on any atom is 0.417 e. The summed E-state index contributed by atoms with van der Waals surface area (Å²) >= 11 is 0. The van der Waals surface area contributed by atoms with Gasteiger partial charge >= 0.3 is 6.18 Å². The van der Waals surface area contributed by atoms with Crippen LogP contribution in [0.4, 0.5) is 17.6 Å². The predicted molar refractivity (Wildman–Crippen MR) is 95.7 cm³/mol. The Morgan fingerprint density at radius 1 is 1.24 bits per heavy atom. The number of halogens is 4. The maximum absolute atomic E-state index is 14.2. The Morgan fingerprint density at radius 2 is 1.97 bits per heavy atom. The van der Waals surface area contributed by atoms with Crippen molar-refractivity contribution in [2.45, 2.75) is 19.0 Å². The van der Waals surface area contributed by atoms with Gasteiger partial charge in [-0.05, 0) is 39.2 Å². The van der Waals surface area contributed by atoms with Gasteiger partial charge in [0.25, 0.3) is 0 Å². The van der Waals surface area contributed by atoms with Crippen molar-refractivity contribution in [3.05, 3.63) is 41.0 Å². The van der Waals surface area contributed by atoms with E-state index in [1.807, 2.05) is 19.0 Å². The van der Waals surface area contributed by atoms with Crippen LogP contribution in [0.1, 0.15) is 39.4 Å². The van der Waals surface area contributed by atoms with E-state index in [0.29, 0.717) is 19.0 Å². The first-order chi connectivity index (χ1) is 13.6. The van der Waals surface area contributed by atoms with Crippen LogP contribution in [0.2, 0.25) is 0 Å². The number of nitrogens with zero attached hydrogens (tertiary/aromatic N) is 3. The fraction of sp³-hybridized carbons (Fsp3) is 0.368. The highest BCUT2D eigenvalue weighted by molar-refractivity contribution is 6.51. The number of oxazole rings is 1. The van der Waals surface area contributed by atoms with Gasteiger partial charge in [-0.3, -0.25) is 14.6 Å². The first-order valence-corrected chi connectivity index (χ1v) is 8.72. The van der Waals surface area contributed by atoms with Gasteiger partial charge in [-0.2, -0.15) is 13.2 Å². The molecule has 1 aromatic heterocycles. The molecule has 0 unspecified atom stereocenters. The number of benzene rings is 1. The molecule has 6 nitrogen and oxygen atoms in total. The fourth-order valence-corrected chi connectivity index (χ4v) is 2.92. The van der Waals surface area contributed by atoms with Crippen molar-refractivity contribution in [3.63, 3.8) is 0 Å². The van der Waals surface area contributed by atoms with Crippen molar-refractivity contribution in [2.75, 3.05) is 27.2 Å². The van der Waals surface area contributed by atoms with Crippen LogP contribution in [0.3, 0.4) is 0 Å². The van der Waals surface area contributed by atoms with Gasteiger partial charge in [0, 0.05) is 6.54 Å². The third-order valence-corrected chi connectivity index (χ3v) is 4.29. The third kappa shape index (κ3) is 4.26. The Hall–Kier alpha value is -2.88. The molecule has 2 aromatic rings. The van der Waals surface area contributed by atoms with E-state index in [1.54, 1.807) is 0 Å². The molecule has 154 valence electrons. The van der Waals surface area contributed by atoms with Crippen LogP contribution >= 0.6 is 0 Å². The summed E-state index contributed by atoms with van der Waals surface area (Å²) in [6, 6.07) is 2.39. The van der Waals surface area contributed by atoms with Gasteiger partial charge < -0.3 is 9.32 Å². The number of fused-ring (bicyclic) bond motifs is 1. The molecule has 1 aliphatic carbocycles. The average molecular weight is 411 g/mol. The minimum absolute atomic E-state index is 0.0477. The lowest BCUT2D eigenvalue weighted by Gasteiger charge is -2.11. The zero-order valence-corrected chi connectivity index (χ0v) is 15.6. The Bertz CT molecular complexity index is 993. The van der Waals surface area contributed by atoms with Crippen molar-refractivity contribution in [1.82, 2.24) is 9.88 Å². The summed E-state index contributed by atoms with van der Waals surface area (Å²) in [5.74, 6) is -3.86. The normalized spacial score (nSPS) is 16.0. The van der Waals surface area contributed by atoms with Gasteiger partial charge in [-0.15, -0.1) is 0 Å². The first kappa shape index (κ1) is 20.8. The minimum Gasteiger partial charge on any atom is -0.432 e. The van der Waals surface area contributed by atoms with Crippen LogP contribution in [0.15, 0.2) is 27.6 Å². The number of hydrogen-bond acceptors (Lipinski definition) is 6. The van der Waals surface area contributed by atoms with Gasteiger partial charge in [-0.25, -0.2) is 9.37 Å². The zero-order valence-electron chi connectivity index (χ0n) is 15.6. The lowest BCUT2D eigenvalue weighted by Crippen LogP contribution is -2.27. The standard InChI is InChI=1S/C19H17F4N3O3/c1-26(2)8-4-7-24-12-9-13(27)15-17(16(12)28)29-18(25-15)14-10(19(21,22)23)5-3-6-11(14)20/h3,5-6H,4,7-9H2,1-2H3. The molecule has 0 aliphatic heterocycles. The number of aromatic nitrogens is 1. The van der Waals surface area contributed by atoms with E-state index in [4.69, 9.17) is 4.42 Å².